The molecule has 6 saturated heterocycles. The normalized spacial score (nSPS) is 31.0. The summed E-state index contributed by atoms with van der Waals surface area (Å²) in [4.78, 5) is 63.1. The lowest BCUT2D eigenvalue weighted by atomic mass is 9.72. The zero-order valence-corrected chi connectivity index (χ0v) is 38.4. The van der Waals surface area contributed by atoms with Crippen molar-refractivity contribution in [1.29, 1.82) is 0 Å². The molecule has 2 amide bonds. The molecule has 69 heavy (non-hydrogen) atoms. The van der Waals surface area contributed by atoms with Crippen molar-refractivity contribution < 1.29 is 67.7 Å². The van der Waals surface area contributed by atoms with E-state index in [1.807, 2.05) is 31.2 Å². The van der Waals surface area contributed by atoms with Gasteiger partial charge in [0.15, 0.2) is 24.6 Å². The molecule has 3 N–H and O–H groups in total. The van der Waals surface area contributed by atoms with Gasteiger partial charge in [-0.1, -0.05) is 60.7 Å². The van der Waals surface area contributed by atoms with Crippen LogP contribution in [0, 0.1) is 0 Å². The SMILES string of the molecule is COc1cccc2c1C(=O)c1c(O)c3c(c(O)c1C2=O)C[C@@](O)(C(=O)N1C[C@H]2CC[C@@H]1CN2C(=O)OCC1c2ccccc2-c2ccccc21)C[C@@H]3O[C@H]1C[C@H]2[C@H](O[C@@H]3[C@@H](OC)OCCN32)[C@H](C)O1. The number of hydrogen-bond acceptors (Lipinski definition) is 15. The van der Waals surface area contributed by atoms with Crippen LogP contribution < -0.4 is 4.74 Å². The van der Waals surface area contributed by atoms with Crippen molar-refractivity contribution in [3.63, 3.8) is 0 Å². The number of methoxy groups -OCH3 is 2. The summed E-state index contributed by atoms with van der Waals surface area (Å²) in [5.74, 6) is -3.39. The first-order chi connectivity index (χ1) is 33.4. The van der Waals surface area contributed by atoms with E-state index in [9.17, 15) is 29.7 Å². The van der Waals surface area contributed by atoms with Gasteiger partial charge in [0.05, 0.1) is 48.7 Å². The maximum Gasteiger partial charge on any atom is 0.410 e. The van der Waals surface area contributed by atoms with Crippen LogP contribution in [0.3, 0.4) is 0 Å². The summed E-state index contributed by atoms with van der Waals surface area (Å²) in [5, 5.41) is 37.4. The van der Waals surface area contributed by atoms with E-state index in [0.717, 1.165) is 22.3 Å². The van der Waals surface area contributed by atoms with Crippen molar-refractivity contribution in [3.8, 4) is 28.4 Å². The van der Waals surface area contributed by atoms with Crippen molar-refractivity contribution >= 4 is 23.6 Å². The van der Waals surface area contributed by atoms with Gasteiger partial charge in [-0.25, -0.2) is 4.79 Å². The summed E-state index contributed by atoms with van der Waals surface area (Å²) >= 11 is 0. The van der Waals surface area contributed by atoms with Crippen molar-refractivity contribution in [2.45, 2.75) is 106 Å². The smallest absolute Gasteiger partial charge is 0.410 e. The fourth-order valence-electron chi connectivity index (χ4n) is 12.7. The highest BCUT2D eigenvalue weighted by Crippen LogP contribution is 2.54. The van der Waals surface area contributed by atoms with Crippen LogP contribution in [-0.2, 0) is 39.6 Å². The van der Waals surface area contributed by atoms with Crippen LogP contribution in [0.15, 0.2) is 66.7 Å². The number of benzene rings is 4. The summed E-state index contributed by atoms with van der Waals surface area (Å²) in [5.41, 5.74) is 1.10. The van der Waals surface area contributed by atoms with Gasteiger partial charge in [-0.15, -0.1) is 0 Å². The number of nitrogens with zero attached hydrogens (tertiary/aromatic N) is 3. The minimum absolute atomic E-state index is 0.0307. The Hall–Kier alpha value is -5.92. The van der Waals surface area contributed by atoms with Gasteiger partial charge in [0.25, 0.3) is 5.91 Å². The van der Waals surface area contributed by atoms with E-state index in [4.69, 9.17) is 33.2 Å². The van der Waals surface area contributed by atoms with Gasteiger partial charge in [-0.2, -0.15) is 0 Å². The van der Waals surface area contributed by atoms with Gasteiger partial charge < -0.3 is 58.3 Å². The van der Waals surface area contributed by atoms with Crippen LogP contribution in [-0.4, -0.2) is 155 Å². The highest BCUT2D eigenvalue weighted by molar-refractivity contribution is 6.31. The van der Waals surface area contributed by atoms with Crippen LogP contribution in [0.1, 0.15) is 98.7 Å². The molecule has 6 fully saturated rings. The second-order valence-corrected chi connectivity index (χ2v) is 19.5. The number of aliphatic hydroxyl groups is 1. The van der Waals surface area contributed by atoms with Crippen molar-refractivity contribution in [2.75, 3.05) is 47.1 Å². The number of phenolic OH excluding ortho intramolecular Hbond substituents is 2. The Morgan fingerprint density at radius 1 is 0.826 bits per heavy atom. The predicted octanol–water partition coefficient (Wildman–Crippen LogP) is 4.77. The summed E-state index contributed by atoms with van der Waals surface area (Å²) in [7, 11) is 2.92. The molecule has 4 aromatic carbocycles. The highest BCUT2D eigenvalue weighted by atomic mass is 16.7. The molecule has 0 spiro atoms. The average molecular weight is 944 g/mol. The number of phenols is 2. The van der Waals surface area contributed by atoms with Gasteiger partial charge in [0.2, 0.25) is 5.78 Å². The van der Waals surface area contributed by atoms with Crippen molar-refractivity contribution in [3.05, 3.63) is 111 Å². The molecule has 2 bridgehead atoms. The number of aromatic hydroxyl groups is 2. The predicted molar refractivity (Wildman–Crippen MR) is 242 cm³/mol. The van der Waals surface area contributed by atoms with Crippen molar-refractivity contribution in [2.24, 2.45) is 0 Å². The Balaban J connectivity index is 0.839. The number of amides is 2. The minimum Gasteiger partial charge on any atom is -0.507 e. The fourth-order valence-corrected chi connectivity index (χ4v) is 12.7. The molecule has 0 unspecified atom stereocenters. The highest BCUT2D eigenvalue weighted by Gasteiger charge is 2.57. The second-order valence-electron chi connectivity index (χ2n) is 19.5. The monoisotopic (exact) mass is 943 g/mol. The largest absolute Gasteiger partial charge is 0.507 e. The first-order valence-electron chi connectivity index (χ1n) is 23.8. The number of piperazine rings is 1. The molecule has 4 aromatic rings. The number of morpholine rings is 1. The van der Waals surface area contributed by atoms with Crippen molar-refractivity contribution in [1.82, 2.24) is 14.7 Å². The second kappa shape index (κ2) is 16.6. The Bertz CT molecular complexity index is 2770. The quantitative estimate of drug-likeness (QED) is 0.188. The molecular weight excluding hydrogens is 891 g/mol. The molecule has 3 aliphatic carbocycles. The van der Waals surface area contributed by atoms with E-state index >= 15 is 4.79 Å². The summed E-state index contributed by atoms with van der Waals surface area (Å²) in [6.45, 7) is 3.28. The number of piperidine rings is 2. The minimum atomic E-state index is -2.25. The fraction of sp³-hybridized carbons (Fsp3) is 0.462. The number of rotatable bonds is 7. The Morgan fingerprint density at radius 2 is 1.51 bits per heavy atom. The molecule has 9 aliphatic rings. The summed E-state index contributed by atoms with van der Waals surface area (Å²) in [6.07, 6.45) is -4.20. The molecule has 0 radical (unpaired) electrons. The van der Waals surface area contributed by atoms with Gasteiger partial charge in [0, 0.05) is 80.7 Å². The molecule has 0 saturated carbocycles. The molecule has 10 atom stereocenters. The third kappa shape index (κ3) is 6.76. The van der Waals surface area contributed by atoms with E-state index in [2.05, 4.69) is 29.2 Å². The average Bonchev–Trinajstić information content (AvgIpc) is 3.91. The van der Waals surface area contributed by atoms with Gasteiger partial charge in [0.1, 0.15) is 35.6 Å². The van der Waals surface area contributed by atoms with Gasteiger partial charge >= 0.3 is 6.09 Å². The molecular formula is C52H53N3O14. The third-order valence-corrected chi connectivity index (χ3v) is 15.9. The zero-order chi connectivity index (χ0) is 47.6. The van der Waals surface area contributed by atoms with E-state index in [1.54, 1.807) is 23.0 Å². The number of ether oxygens (including phenoxy) is 7. The number of carbonyl (C=O) groups is 4. The van der Waals surface area contributed by atoms with E-state index in [-0.39, 0.29) is 72.2 Å². The first kappa shape index (κ1) is 44.3. The Morgan fingerprint density at radius 3 is 2.20 bits per heavy atom. The van der Waals surface area contributed by atoms with E-state index < -0.39 is 108 Å². The zero-order valence-electron chi connectivity index (χ0n) is 38.4. The van der Waals surface area contributed by atoms with Crippen LogP contribution >= 0.6 is 0 Å². The lowest BCUT2D eigenvalue weighted by molar-refractivity contribution is -0.256. The molecule has 17 heteroatoms. The van der Waals surface area contributed by atoms with Crippen LogP contribution in [0.4, 0.5) is 4.79 Å². The van der Waals surface area contributed by atoms with E-state index in [0.29, 0.717) is 26.0 Å². The maximum absolute atomic E-state index is 15.1. The van der Waals surface area contributed by atoms with Crippen LogP contribution in [0.2, 0.25) is 0 Å². The molecule has 6 heterocycles. The topological polar surface area (TPSA) is 203 Å². The lowest BCUT2D eigenvalue weighted by Gasteiger charge is -2.53. The number of ketones is 2. The third-order valence-electron chi connectivity index (χ3n) is 15.9. The molecule has 360 valence electrons. The molecule has 13 rings (SSSR count). The maximum atomic E-state index is 15.1. The lowest BCUT2D eigenvalue weighted by Crippen LogP contribution is -2.68. The van der Waals surface area contributed by atoms with E-state index in [1.165, 1.54) is 19.2 Å². The standard InChI is InChI=1S/C52H53N3O14/c1-25-47-35(53-17-18-65-49(64-3)48(53)69-47)19-38(67-25)68-37-21-52(62,20-33-40(37)46(59)42-41(44(33)57)43(56)32-13-8-14-36(63-2)39(32)45(42)58)50(60)54-22-27-16-15-26(54)23-55(27)51(61)66-24-34-30-11-6-4-9-28(30)29-10-5-7-12-31(29)34/h4-14,25-27,34-35,37-38,47-49,57,59,62H,15-24H2,1-3H3/t25-,26+,27+,35-,37-,38-,47+,48+,49-,52-/m0/s1. The first-order valence-corrected chi connectivity index (χ1v) is 23.8. The number of carbonyl (C=O) groups excluding carboxylic acids is 4. The molecule has 17 nitrogen and oxygen atoms in total. The number of hydrogen-bond donors (Lipinski definition) is 3. The van der Waals surface area contributed by atoms with Gasteiger partial charge in [-0.05, 0) is 48.1 Å². The Labute approximate surface area is 397 Å². The van der Waals surface area contributed by atoms with Crippen LogP contribution in [0.5, 0.6) is 17.2 Å². The molecule has 0 aromatic heterocycles. The molecule has 6 aliphatic heterocycles. The van der Waals surface area contributed by atoms with Crippen LogP contribution in [0.25, 0.3) is 11.1 Å². The summed E-state index contributed by atoms with van der Waals surface area (Å²) < 4.78 is 42.5. The van der Waals surface area contributed by atoms with Gasteiger partial charge in [-0.3, -0.25) is 19.3 Å². The number of fused-ring (bicyclic) bond motifs is 12. The summed E-state index contributed by atoms with van der Waals surface area (Å²) in [6, 6.07) is 19.7. The Kier molecular flexibility index (Phi) is 10.7.